The van der Waals surface area contributed by atoms with E-state index in [4.69, 9.17) is 11.6 Å². The minimum atomic E-state index is -0.392. The van der Waals surface area contributed by atoms with Crippen LogP contribution >= 0.6 is 11.6 Å². The monoisotopic (exact) mass is 352 g/mol. The number of nitrogens with zero attached hydrogens (tertiary/aromatic N) is 1. The van der Waals surface area contributed by atoms with E-state index in [9.17, 15) is 9.59 Å². The lowest BCUT2D eigenvalue weighted by atomic mass is 9.99. The summed E-state index contributed by atoms with van der Waals surface area (Å²) in [7, 11) is 0. The van der Waals surface area contributed by atoms with Gasteiger partial charge in [-0.15, -0.1) is 0 Å². The molecular formula is C20H17ClN2O2. The summed E-state index contributed by atoms with van der Waals surface area (Å²) in [4.78, 5) is 25.6. The number of halogens is 1. The van der Waals surface area contributed by atoms with Gasteiger partial charge in [-0.1, -0.05) is 23.7 Å². The number of pyridine rings is 1. The number of benzene rings is 2. The van der Waals surface area contributed by atoms with E-state index in [1.54, 1.807) is 30.5 Å². The fourth-order valence-corrected chi connectivity index (χ4v) is 3.70. The van der Waals surface area contributed by atoms with Crippen molar-refractivity contribution in [3.63, 3.8) is 0 Å². The van der Waals surface area contributed by atoms with E-state index in [2.05, 4.69) is 5.32 Å². The molecule has 4 nitrogen and oxygen atoms in total. The largest absolute Gasteiger partial charge is 0.346 e. The number of para-hydroxylation sites is 1. The van der Waals surface area contributed by atoms with E-state index in [1.165, 1.54) is 5.56 Å². The van der Waals surface area contributed by atoms with Crippen LogP contribution in [0.3, 0.4) is 0 Å². The molecule has 5 heteroatoms. The van der Waals surface area contributed by atoms with Gasteiger partial charge in [0, 0.05) is 28.8 Å². The topological polar surface area (TPSA) is 51.1 Å². The van der Waals surface area contributed by atoms with Crippen LogP contribution in [-0.2, 0) is 13.0 Å². The Morgan fingerprint density at radius 2 is 2.08 bits per heavy atom. The first-order chi connectivity index (χ1) is 12.0. The standard InChI is InChI=1S/C20H17ClN2O2/c1-12-10-14(21)7-8-17(12)22-20(25)16-11-23-9-3-5-13-4-2-6-15(18(13)23)19(16)24/h2,4,6-8,10-11H,3,5,9H2,1H3,(H,22,25). The summed E-state index contributed by atoms with van der Waals surface area (Å²) in [6.07, 6.45) is 3.66. The van der Waals surface area contributed by atoms with Crippen molar-refractivity contribution in [3.05, 3.63) is 74.5 Å². The predicted octanol–water partition coefficient (Wildman–Crippen LogP) is 4.16. The molecule has 2 heterocycles. The fourth-order valence-electron chi connectivity index (χ4n) is 3.47. The van der Waals surface area contributed by atoms with Crippen molar-refractivity contribution in [1.82, 2.24) is 4.57 Å². The molecule has 4 rings (SSSR count). The van der Waals surface area contributed by atoms with Crippen LogP contribution in [-0.4, -0.2) is 10.5 Å². The average molecular weight is 353 g/mol. The molecule has 0 fully saturated rings. The highest BCUT2D eigenvalue weighted by atomic mass is 35.5. The maximum Gasteiger partial charge on any atom is 0.261 e. The quantitative estimate of drug-likeness (QED) is 0.752. The molecule has 126 valence electrons. The third-order valence-corrected chi connectivity index (χ3v) is 4.94. The Labute approximate surface area is 150 Å². The zero-order valence-electron chi connectivity index (χ0n) is 13.8. The molecule has 0 bridgehead atoms. The Morgan fingerprint density at radius 1 is 1.24 bits per heavy atom. The SMILES string of the molecule is Cc1cc(Cl)ccc1NC(=O)c1cn2c3c(cccc3c1=O)CCC2. The number of hydrogen-bond donors (Lipinski definition) is 1. The van der Waals surface area contributed by atoms with Gasteiger partial charge in [0.05, 0.1) is 5.52 Å². The number of aryl methyl sites for hydroxylation is 3. The van der Waals surface area contributed by atoms with Crippen molar-refractivity contribution in [1.29, 1.82) is 0 Å². The molecule has 0 unspecified atom stereocenters. The van der Waals surface area contributed by atoms with Crippen LogP contribution < -0.4 is 10.7 Å². The third-order valence-electron chi connectivity index (χ3n) is 4.71. The molecule has 0 spiro atoms. The lowest BCUT2D eigenvalue weighted by Gasteiger charge is -2.20. The first-order valence-electron chi connectivity index (χ1n) is 8.27. The molecule has 0 saturated carbocycles. The first-order valence-corrected chi connectivity index (χ1v) is 8.65. The molecule has 0 atom stereocenters. The Hall–Kier alpha value is -2.59. The van der Waals surface area contributed by atoms with Crippen molar-refractivity contribution in [3.8, 4) is 0 Å². The number of anilines is 1. The minimum Gasteiger partial charge on any atom is -0.346 e. The lowest BCUT2D eigenvalue weighted by Crippen LogP contribution is -2.25. The summed E-state index contributed by atoms with van der Waals surface area (Å²) in [5, 5.41) is 4.05. The van der Waals surface area contributed by atoms with E-state index in [0.717, 1.165) is 30.5 Å². The second-order valence-electron chi connectivity index (χ2n) is 6.40. The molecule has 25 heavy (non-hydrogen) atoms. The van der Waals surface area contributed by atoms with Crippen molar-refractivity contribution in [2.75, 3.05) is 5.32 Å². The summed E-state index contributed by atoms with van der Waals surface area (Å²) in [5.74, 6) is -0.392. The predicted molar refractivity (Wildman–Crippen MR) is 101 cm³/mol. The Bertz CT molecular complexity index is 1070. The molecular weight excluding hydrogens is 336 g/mol. The van der Waals surface area contributed by atoms with Gasteiger partial charge in [0.2, 0.25) is 5.43 Å². The maximum absolute atomic E-state index is 12.8. The summed E-state index contributed by atoms with van der Waals surface area (Å²) in [6.45, 7) is 2.68. The highest BCUT2D eigenvalue weighted by Crippen LogP contribution is 2.24. The molecule has 1 amide bonds. The molecule has 0 radical (unpaired) electrons. The van der Waals surface area contributed by atoms with E-state index >= 15 is 0 Å². The van der Waals surface area contributed by atoms with Crippen LogP contribution in [0.5, 0.6) is 0 Å². The number of aromatic nitrogens is 1. The van der Waals surface area contributed by atoms with Crippen LogP contribution in [0, 0.1) is 6.92 Å². The van der Waals surface area contributed by atoms with Gasteiger partial charge in [0.1, 0.15) is 5.56 Å². The molecule has 0 aliphatic carbocycles. The van der Waals surface area contributed by atoms with Crippen LogP contribution in [0.25, 0.3) is 10.9 Å². The molecule has 1 N–H and O–H groups in total. The van der Waals surface area contributed by atoms with E-state index in [1.807, 2.05) is 23.6 Å². The number of carbonyl (C=O) groups excluding carboxylic acids is 1. The molecule has 1 aliphatic rings. The van der Waals surface area contributed by atoms with Gasteiger partial charge >= 0.3 is 0 Å². The summed E-state index contributed by atoms with van der Waals surface area (Å²) < 4.78 is 2.03. The van der Waals surface area contributed by atoms with Gasteiger partial charge in [0.25, 0.3) is 5.91 Å². The van der Waals surface area contributed by atoms with Gasteiger partial charge in [-0.25, -0.2) is 0 Å². The van der Waals surface area contributed by atoms with Crippen LogP contribution in [0.2, 0.25) is 5.02 Å². The summed E-state index contributed by atoms with van der Waals surface area (Å²) >= 11 is 5.96. The van der Waals surface area contributed by atoms with Gasteiger partial charge in [-0.05, 0) is 55.2 Å². The van der Waals surface area contributed by atoms with Gasteiger partial charge in [-0.2, -0.15) is 0 Å². The first kappa shape index (κ1) is 15.9. The molecule has 1 aromatic heterocycles. The van der Waals surface area contributed by atoms with Crippen molar-refractivity contribution < 1.29 is 4.79 Å². The van der Waals surface area contributed by atoms with Crippen LogP contribution in [0.1, 0.15) is 27.9 Å². The number of rotatable bonds is 2. The zero-order valence-corrected chi connectivity index (χ0v) is 14.6. The normalized spacial score (nSPS) is 13.0. The zero-order chi connectivity index (χ0) is 17.6. The number of nitrogens with one attached hydrogen (secondary N) is 1. The van der Waals surface area contributed by atoms with Crippen LogP contribution in [0.4, 0.5) is 5.69 Å². The van der Waals surface area contributed by atoms with Crippen molar-refractivity contribution in [2.24, 2.45) is 0 Å². The lowest BCUT2D eigenvalue weighted by molar-refractivity contribution is 0.102. The summed E-state index contributed by atoms with van der Waals surface area (Å²) in [6, 6.07) is 11.0. The molecule has 1 aliphatic heterocycles. The Morgan fingerprint density at radius 3 is 2.88 bits per heavy atom. The van der Waals surface area contributed by atoms with E-state index in [0.29, 0.717) is 16.1 Å². The smallest absolute Gasteiger partial charge is 0.261 e. The van der Waals surface area contributed by atoms with Gasteiger partial charge < -0.3 is 9.88 Å². The number of carbonyl (C=O) groups is 1. The Kier molecular flexibility index (Phi) is 3.85. The third kappa shape index (κ3) is 2.72. The average Bonchev–Trinajstić information content (AvgIpc) is 2.60. The maximum atomic E-state index is 12.8. The second-order valence-corrected chi connectivity index (χ2v) is 6.83. The molecule has 3 aromatic rings. The Balaban J connectivity index is 1.80. The van der Waals surface area contributed by atoms with Crippen LogP contribution in [0.15, 0.2) is 47.4 Å². The number of amides is 1. The highest BCUT2D eigenvalue weighted by molar-refractivity contribution is 6.30. The van der Waals surface area contributed by atoms with Crippen molar-refractivity contribution >= 4 is 34.1 Å². The van der Waals surface area contributed by atoms with Gasteiger partial charge in [0.15, 0.2) is 0 Å². The second kappa shape index (κ2) is 6.05. The van der Waals surface area contributed by atoms with E-state index < -0.39 is 5.91 Å². The minimum absolute atomic E-state index is 0.168. The fraction of sp³-hybridized carbons (Fsp3) is 0.200. The highest BCUT2D eigenvalue weighted by Gasteiger charge is 2.19. The molecule has 2 aromatic carbocycles. The van der Waals surface area contributed by atoms with Crippen molar-refractivity contribution in [2.45, 2.75) is 26.3 Å². The number of hydrogen-bond acceptors (Lipinski definition) is 2. The molecule has 0 saturated heterocycles. The summed E-state index contributed by atoms with van der Waals surface area (Å²) in [5.41, 5.74) is 3.58. The van der Waals surface area contributed by atoms with E-state index in [-0.39, 0.29) is 11.0 Å². The van der Waals surface area contributed by atoms with Gasteiger partial charge in [-0.3, -0.25) is 9.59 Å².